The minimum atomic E-state index is 0.313. The van der Waals surface area contributed by atoms with Crippen molar-refractivity contribution in [3.63, 3.8) is 0 Å². The highest BCUT2D eigenvalue weighted by molar-refractivity contribution is 7.99. The van der Waals surface area contributed by atoms with Gasteiger partial charge in [-0.05, 0) is 58.2 Å². The molecule has 2 nitrogen and oxygen atoms in total. The van der Waals surface area contributed by atoms with E-state index in [0.29, 0.717) is 6.04 Å². The van der Waals surface area contributed by atoms with Crippen molar-refractivity contribution < 1.29 is 0 Å². The third-order valence-corrected chi connectivity index (χ3v) is 5.53. The largest absolute Gasteiger partial charge is 0.327 e. The summed E-state index contributed by atoms with van der Waals surface area (Å²) in [6.45, 7) is 5.93. The Balaban J connectivity index is 1.62. The predicted octanol–water partition coefficient (Wildman–Crippen LogP) is 3.76. The SMILES string of the molecule is C[C@@H]1CC[C@H](C)N1CCC[C@@H](N)CSc1ccccc1. The molecule has 0 radical (unpaired) electrons. The Morgan fingerprint density at radius 3 is 2.50 bits per heavy atom. The van der Waals surface area contributed by atoms with Crippen LogP contribution >= 0.6 is 11.8 Å². The number of hydrogen-bond donors (Lipinski definition) is 1. The molecule has 1 aromatic rings. The number of nitrogens with zero attached hydrogens (tertiary/aromatic N) is 1. The number of rotatable bonds is 7. The highest BCUT2D eigenvalue weighted by atomic mass is 32.2. The van der Waals surface area contributed by atoms with E-state index in [0.717, 1.165) is 24.3 Å². The molecule has 0 amide bonds. The second kappa shape index (κ2) is 8.06. The molecule has 0 spiro atoms. The molecule has 112 valence electrons. The molecule has 0 unspecified atom stereocenters. The van der Waals surface area contributed by atoms with Crippen LogP contribution in [-0.2, 0) is 0 Å². The molecule has 3 heteroatoms. The fraction of sp³-hybridized carbons (Fsp3) is 0.647. The molecule has 0 aromatic heterocycles. The molecule has 2 N–H and O–H groups in total. The van der Waals surface area contributed by atoms with Crippen molar-refractivity contribution in [1.29, 1.82) is 0 Å². The Kier molecular flexibility index (Phi) is 6.40. The first kappa shape index (κ1) is 15.9. The fourth-order valence-electron chi connectivity index (χ4n) is 3.03. The van der Waals surface area contributed by atoms with Gasteiger partial charge >= 0.3 is 0 Å². The lowest BCUT2D eigenvalue weighted by atomic mass is 10.2. The highest BCUT2D eigenvalue weighted by Crippen LogP contribution is 2.24. The third kappa shape index (κ3) is 4.80. The Morgan fingerprint density at radius 2 is 1.85 bits per heavy atom. The Bertz CT molecular complexity index is 372. The summed E-state index contributed by atoms with van der Waals surface area (Å²) < 4.78 is 0. The molecular weight excluding hydrogens is 264 g/mol. The predicted molar refractivity (Wildman–Crippen MR) is 89.2 cm³/mol. The van der Waals surface area contributed by atoms with Gasteiger partial charge < -0.3 is 5.73 Å². The fourth-order valence-corrected chi connectivity index (χ4v) is 3.95. The van der Waals surface area contributed by atoms with E-state index in [4.69, 9.17) is 5.73 Å². The van der Waals surface area contributed by atoms with E-state index in [9.17, 15) is 0 Å². The smallest absolute Gasteiger partial charge is 0.0134 e. The average molecular weight is 292 g/mol. The van der Waals surface area contributed by atoms with Gasteiger partial charge in [-0.1, -0.05) is 18.2 Å². The van der Waals surface area contributed by atoms with Gasteiger partial charge in [-0.15, -0.1) is 11.8 Å². The lowest BCUT2D eigenvalue weighted by Crippen LogP contribution is -2.34. The number of thioether (sulfide) groups is 1. The maximum atomic E-state index is 6.24. The van der Waals surface area contributed by atoms with Gasteiger partial charge in [-0.3, -0.25) is 4.90 Å². The van der Waals surface area contributed by atoms with Crippen LogP contribution in [0.5, 0.6) is 0 Å². The molecule has 1 saturated heterocycles. The summed E-state index contributed by atoms with van der Waals surface area (Å²) in [5.74, 6) is 1.02. The Hall–Kier alpha value is -0.510. The normalized spacial score (nSPS) is 24.9. The zero-order chi connectivity index (χ0) is 14.4. The summed E-state index contributed by atoms with van der Waals surface area (Å²) in [6, 6.07) is 12.4. The van der Waals surface area contributed by atoms with Gasteiger partial charge in [0.25, 0.3) is 0 Å². The van der Waals surface area contributed by atoms with E-state index in [-0.39, 0.29) is 0 Å². The second-order valence-electron chi connectivity index (χ2n) is 6.04. The molecule has 3 atom stereocenters. The van der Waals surface area contributed by atoms with Gasteiger partial charge in [-0.2, -0.15) is 0 Å². The minimum Gasteiger partial charge on any atom is -0.327 e. The maximum absolute atomic E-state index is 6.24. The zero-order valence-electron chi connectivity index (χ0n) is 12.8. The van der Waals surface area contributed by atoms with E-state index < -0.39 is 0 Å². The summed E-state index contributed by atoms with van der Waals surface area (Å²) in [5, 5.41) is 0. The van der Waals surface area contributed by atoms with Gasteiger partial charge in [0.2, 0.25) is 0 Å². The molecule has 1 aliphatic heterocycles. The molecule has 2 rings (SSSR count). The summed E-state index contributed by atoms with van der Waals surface area (Å²) in [4.78, 5) is 3.97. The molecule has 0 saturated carbocycles. The average Bonchev–Trinajstić information content (AvgIpc) is 2.78. The first-order valence-electron chi connectivity index (χ1n) is 7.86. The van der Waals surface area contributed by atoms with Crippen molar-refractivity contribution in [2.45, 2.75) is 62.6 Å². The van der Waals surface area contributed by atoms with Crippen LogP contribution in [0.1, 0.15) is 39.5 Å². The van der Waals surface area contributed by atoms with E-state index in [1.807, 2.05) is 11.8 Å². The molecule has 1 aliphatic rings. The van der Waals surface area contributed by atoms with Gasteiger partial charge in [0.15, 0.2) is 0 Å². The number of benzene rings is 1. The van der Waals surface area contributed by atoms with Crippen molar-refractivity contribution in [3.8, 4) is 0 Å². The van der Waals surface area contributed by atoms with Crippen molar-refractivity contribution in [1.82, 2.24) is 4.90 Å². The number of likely N-dealkylation sites (tertiary alicyclic amines) is 1. The molecule has 20 heavy (non-hydrogen) atoms. The van der Waals surface area contributed by atoms with Crippen LogP contribution in [0, 0.1) is 0 Å². The summed E-state index contributed by atoms with van der Waals surface area (Å²) in [5.41, 5.74) is 6.24. The van der Waals surface area contributed by atoms with Gasteiger partial charge in [0.05, 0.1) is 0 Å². The van der Waals surface area contributed by atoms with E-state index >= 15 is 0 Å². The second-order valence-corrected chi connectivity index (χ2v) is 7.13. The standard InChI is InChI=1S/C17H28N2S/c1-14-10-11-15(2)19(14)12-6-7-16(18)13-20-17-8-4-3-5-9-17/h3-5,8-9,14-16H,6-7,10-13,18H2,1-2H3/t14-,15+,16-/m1/s1. The Labute approximate surface area is 128 Å². The van der Waals surface area contributed by atoms with E-state index in [1.165, 1.54) is 30.7 Å². The van der Waals surface area contributed by atoms with Crippen LogP contribution in [0.2, 0.25) is 0 Å². The van der Waals surface area contributed by atoms with Gasteiger partial charge in [0.1, 0.15) is 0 Å². The quantitative estimate of drug-likeness (QED) is 0.776. The highest BCUT2D eigenvalue weighted by Gasteiger charge is 2.26. The topological polar surface area (TPSA) is 29.3 Å². The first-order chi connectivity index (χ1) is 9.66. The van der Waals surface area contributed by atoms with Gasteiger partial charge in [-0.25, -0.2) is 0 Å². The minimum absolute atomic E-state index is 0.313. The molecule has 1 aromatic carbocycles. The van der Waals surface area contributed by atoms with E-state index in [1.54, 1.807) is 0 Å². The molecule has 0 aliphatic carbocycles. The summed E-state index contributed by atoms with van der Waals surface area (Å²) in [7, 11) is 0. The van der Waals surface area contributed by atoms with Crippen molar-refractivity contribution in [3.05, 3.63) is 30.3 Å². The van der Waals surface area contributed by atoms with Crippen molar-refractivity contribution in [2.24, 2.45) is 5.73 Å². The summed E-state index contributed by atoms with van der Waals surface area (Å²) in [6.07, 6.45) is 5.08. The Morgan fingerprint density at radius 1 is 1.20 bits per heavy atom. The zero-order valence-corrected chi connectivity index (χ0v) is 13.6. The van der Waals surface area contributed by atoms with Crippen LogP contribution in [-0.4, -0.2) is 35.3 Å². The maximum Gasteiger partial charge on any atom is 0.0134 e. The van der Waals surface area contributed by atoms with Crippen LogP contribution in [0.4, 0.5) is 0 Å². The monoisotopic (exact) mass is 292 g/mol. The van der Waals surface area contributed by atoms with Crippen molar-refractivity contribution in [2.75, 3.05) is 12.3 Å². The lowest BCUT2D eigenvalue weighted by molar-refractivity contribution is 0.209. The number of nitrogens with two attached hydrogens (primary N) is 1. The summed E-state index contributed by atoms with van der Waals surface area (Å²) >= 11 is 1.87. The third-order valence-electron chi connectivity index (χ3n) is 4.33. The molecule has 1 heterocycles. The molecule has 1 fully saturated rings. The van der Waals surface area contributed by atoms with Crippen LogP contribution < -0.4 is 5.73 Å². The van der Waals surface area contributed by atoms with Crippen LogP contribution in [0.25, 0.3) is 0 Å². The lowest BCUT2D eigenvalue weighted by Gasteiger charge is -2.26. The van der Waals surface area contributed by atoms with E-state index in [2.05, 4.69) is 49.1 Å². The van der Waals surface area contributed by atoms with Gasteiger partial charge in [0, 0.05) is 28.8 Å². The first-order valence-corrected chi connectivity index (χ1v) is 8.84. The molecular formula is C17H28N2S. The van der Waals surface area contributed by atoms with Crippen LogP contribution in [0.15, 0.2) is 35.2 Å². The van der Waals surface area contributed by atoms with Crippen LogP contribution in [0.3, 0.4) is 0 Å². The number of hydrogen-bond acceptors (Lipinski definition) is 3. The molecule has 0 bridgehead atoms. The van der Waals surface area contributed by atoms with Crippen molar-refractivity contribution >= 4 is 11.8 Å².